The summed E-state index contributed by atoms with van der Waals surface area (Å²) in [5.74, 6) is 2.14. The number of fused-ring (bicyclic) bond motifs is 1. The molecule has 6 heteroatoms. The van der Waals surface area contributed by atoms with E-state index in [0.717, 1.165) is 44.8 Å². The van der Waals surface area contributed by atoms with Crippen molar-refractivity contribution in [2.24, 2.45) is 0 Å². The molecule has 2 aromatic heterocycles. The van der Waals surface area contributed by atoms with Gasteiger partial charge in [0.05, 0.1) is 14.2 Å². The van der Waals surface area contributed by atoms with Crippen LogP contribution in [0.5, 0.6) is 11.5 Å². The number of anilines is 1. The van der Waals surface area contributed by atoms with Gasteiger partial charge in [0.1, 0.15) is 17.3 Å². The fourth-order valence-corrected chi connectivity index (χ4v) is 3.30. The lowest BCUT2D eigenvalue weighted by Gasteiger charge is -2.10. The van der Waals surface area contributed by atoms with E-state index in [9.17, 15) is 0 Å². The van der Waals surface area contributed by atoms with E-state index in [4.69, 9.17) is 15.2 Å². The summed E-state index contributed by atoms with van der Waals surface area (Å²) in [5.41, 5.74) is 11.6. The van der Waals surface area contributed by atoms with Crippen molar-refractivity contribution in [3.05, 3.63) is 71.8 Å². The van der Waals surface area contributed by atoms with Crippen LogP contribution in [0.25, 0.3) is 22.2 Å². The zero-order chi connectivity index (χ0) is 20.4. The zero-order valence-corrected chi connectivity index (χ0v) is 16.6. The average molecular weight is 386 g/mol. The number of aryl methyl sites for hydroxylation is 1. The van der Waals surface area contributed by atoms with Crippen LogP contribution in [0, 0.1) is 6.92 Å². The van der Waals surface area contributed by atoms with Gasteiger partial charge in [0.15, 0.2) is 5.65 Å². The minimum Gasteiger partial charge on any atom is -0.497 e. The summed E-state index contributed by atoms with van der Waals surface area (Å²) in [6, 6.07) is 13.6. The number of hydrogen-bond donors (Lipinski definition) is 1. The van der Waals surface area contributed by atoms with Crippen molar-refractivity contribution in [3.63, 3.8) is 0 Å². The first-order chi connectivity index (χ1) is 14.1. The van der Waals surface area contributed by atoms with E-state index in [0.29, 0.717) is 17.9 Å². The fourth-order valence-electron chi connectivity index (χ4n) is 3.30. The number of pyridine rings is 1. The zero-order valence-electron chi connectivity index (χ0n) is 16.6. The third-order valence-corrected chi connectivity index (χ3v) is 4.95. The van der Waals surface area contributed by atoms with Gasteiger partial charge in [-0.1, -0.05) is 12.1 Å². The van der Waals surface area contributed by atoms with Gasteiger partial charge in [-0.2, -0.15) is 0 Å². The predicted molar refractivity (Wildman–Crippen MR) is 114 cm³/mol. The lowest BCUT2D eigenvalue weighted by molar-refractivity contribution is 0.394. The van der Waals surface area contributed by atoms with Crippen molar-refractivity contribution >= 4 is 16.7 Å². The molecule has 2 heterocycles. The number of nitrogens with two attached hydrogens (primary N) is 1. The largest absolute Gasteiger partial charge is 0.497 e. The van der Waals surface area contributed by atoms with Crippen molar-refractivity contribution < 1.29 is 9.47 Å². The van der Waals surface area contributed by atoms with Crippen LogP contribution in [0.1, 0.15) is 17.0 Å². The Hall–Kier alpha value is -3.67. The van der Waals surface area contributed by atoms with E-state index in [1.54, 1.807) is 26.6 Å². The summed E-state index contributed by atoms with van der Waals surface area (Å²) in [5, 5.41) is 0.866. The van der Waals surface area contributed by atoms with Crippen LogP contribution >= 0.6 is 0 Å². The number of ether oxygens (including phenoxy) is 2. The molecule has 2 aromatic carbocycles. The van der Waals surface area contributed by atoms with Gasteiger partial charge in [-0.05, 0) is 47.9 Å². The molecule has 29 heavy (non-hydrogen) atoms. The van der Waals surface area contributed by atoms with Gasteiger partial charge in [0.25, 0.3) is 0 Å². The first kappa shape index (κ1) is 18.7. The lowest BCUT2D eigenvalue weighted by Crippen LogP contribution is -2.03. The number of benzene rings is 2. The molecule has 0 saturated heterocycles. The molecule has 0 aliphatic heterocycles. The standard InChI is InChI=1S/C23H22N4O2/c1-14-5-4-6-21(24)20(14)11-22-25-13-17-7-16(12-26-23(17)27-22)15-8-18(28-2)10-19(9-15)29-3/h4-10,12-13H,11,24H2,1-3H3. The van der Waals surface area contributed by atoms with Crippen LogP contribution in [0.3, 0.4) is 0 Å². The number of rotatable bonds is 5. The minimum atomic E-state index is 0.574. The highest BCUT2D eigenvalue weighted by Gasteiger charge is 2.10. The maximum Gasteiger partial charge on any atom is 0.162 e. The molecule has 0 fully saturated rings. The Labute approximate surface area is 169 Å². The molecule has 0 aliphatic rings. The molecule has 0 saturated carbocycles. The molecule has 146 valence electrons. The summed E-state index contributed by atoms with van der Waals surface area (Å²) < 4.78 is 10.7. The van der Waals surface area contributed by atoms with Gasteiger partial charge in [-0.3, -0.25) is 0 Å². The topological polar surface area (TPSA) is 83.2 Å². The van der Waals surface area contributed by atoms with Gasteiger partial charge in [0.2, 0.25) is 0 Å². The third-order valence-electron chi connectivity index (χ3n) is 4.95. The van der Waals surface area contributed by atoms with Gasteiger partial charge in [-0.15, -0.1) is 0 Å². The summed E-state index contributed by atoms with van der Waals surface area (Å²) >= 11 is 0. The second kappa shape index (κ2) is 7.75. The second-order valence-corrected chi connectivity index (χ2v) is 6.84. The van der Waals surface area contributed by atoms with Crippen LogP contribution in [-0.4, -0.2) is 29.2 Å². The van der Waals surface area contributed by atoms with Crippen LogP contribution in [0.15, 0.2) is 54.9 Å². The smallest absolute Gasteiger partial charge is 0.162 e. The molecule has 0 bridgehead atoms. The van der Waals surface area contributed by atoms with Crippen LogP contribution in [0.4, 0.5) is 5.69 Å². The monoisotopic (exact) mass is 386 g/mol. The molecular weight excluding hydrogens is 364 g/mol. The molecule has 0 radical (unpaired) electrons. The molecule has 4 rings (SSSR count). The summed E-state index contributed by atoms with van der Waals surface area (Å²) in [7, 11) is 3.27. The van der Waals surface area contributed by atoms with E-state index in [1.807, 2.05) is 49.4 Å². The molecule has 2 N–H and O–H groups in total. The predicted octanol–water partition coefficient (Wildman–Crippen LogP) is 4.19. The molecule has 0 aliphatic carbocycles. The Morgan fingerprint density at radius 1 is 0.897 bits per heavy atom. The number of methoxy groups -OCH3 is 2. The summed E-state index contributed by atoms with van der Waals surface area (Å²) in [6.45, 7) is 2.04. The molecular formula is C23H22N4O2. The van der Waals surface area contributed by atoms with E-state index in [-0.39, 0.29) is 0 Å². The normalized spacial score (nSPS) is 10.9. The molecule has 0 spiro atoms. The van der Waals surface area contributed by atoms with Crippen molar-refractivity contribution in [1.82, 2.24) is 15.0 Å². The quantitative estimate of drug-likeness (QED) is 0.518. The van der Waals surface area contributed by atoms with E-state index >= 15 is 0 Å². The maximum atomic E-state index is 6.12. The van der Waals surface area contributed by atoms with E-state index < -0.39 is 0 Å². The lowest BCUT2D eigenvalue weighted by atomic mass is 10.0. The highest BCUT2D eigenvalue weighted by atomic mass is 16.5. The van der Waals surface area contributed by atoms with Gasteiger partial charge in [0, 0.05) is 41.5 Å². The van der Waals surface area contributed by atoms with Crippen molar-refractivity contribution in [1.29, 1.82) is 0 Å². The summed E-state index contributed by atoms with van der Waals surface area (Å²) in [6.07, 6.45) is 4.18. The molecule has 0 amide bonds. The Balaban J connectivity index is 1.69. The molecule has 0 unspecified atom stereocenters. The average Bonchev–Trinajstić information content (AvgIpc) is 2.75. The molecule has 6 nitrogen and oxygen atoms in total. The van der Waals surface area contributed by atoms with Gasteiger partial charge < -0.3 is 15.2 Å². The third kappa shape index (κ3) is 3.82. The minimum absolute atomic E-state index is 0.574. The van der Waals surface area contributed by atoms with E-state index in [2.05, 4.69) is 15.0 Å². The molecule has 0 atom stereocenters. The maximum absolute atomic E-state index is 6.12. The highest BCUT2D eigenvalue weighted by Crippen LogP contribution is 2.30. The first-order valence-electron chi connectivity index (χ1n) is 9.26. The number of nitrogens with zero attached hydrogens (tertiary/aromatic N) is 3. The Bertz CT molecular complexity index is 1150. The van der Waals surface area contributed by atoms with E-state index in [1.165, 1.54) is 0 Å². The van der Waals surface area contributed by atoms with Gasteiger partial charge in [-0.25, -0.2) is 15.0 Å². The van der Waals surface area contributed by atoms with Crippen molar-refractivity contribution in [2.45, 2.75) is 13.3 Å². The second-order valence-electron chi connectivity index (χ2n) is 6.84. The summed E-state index contributed by atoms with van der Waals surface area (Å²) in [4.78, 5) is 13.7. The number of hydrogen-bond acceptors (Lipinski definition) is 6. The number of nitrogen functional groups attached to an aromatic ring is 1. The number of aromatic nitrogens is 3. The Kier molecular flexibility index (Phi) is 4.99. The fraction of sp³-hybridized carbons (Fsp3) is 0.174. The van der Waals surface area contributed by atoms with Crippen LogP contribution in [0.2, 0.25) is 0 Å². The first-order valence-corrected chi connectivity index (χ1v) is 9.26. The highest BCUT2D eigenvalue weighted by molar-refractivity contribution is 5.80. The van der Waals surface area contributed by atoms with Crippen molar-refractivity contribution in [2.75, 3.05) is 20.0 Å². The SMILES string of the molecule is COc1cc(OC)cc(-c2cnc3nc(Cc4c(C)cccc4N)ncc3c2)c1. The molecule has 4 aromatic rings. The van der Waals surface area contributed by atoms with Gasteiger partial charge >= 0.3 is 0 Å². The van der Waals surface area contributed by atoms with Crippen LogP contribution in [-0.2, 0) is 6.42 Å². The van der Waals surface area contributed by atoms with Crippen molar-refractivity contribution in [3.8, 4) is 22.6 Å². The Morgan fingerprint density at radius 3 is 2.34 bits per heavy atom. The Morgan fingerprint density at radius 2 is 1.66 bits per heavy atom. The van der Waals surface area contributed by atoms with Crippen LogP contribution < -0.4 is 15.2 Å².